The molecular weight excluding hydrogens is 318 g/mol. The molecule has 0 aliphatic rings. The molecule has 0 spiro atoms. The van der Waals surface area contributed by atoms with Crippen molar-refractivity contribution >= 4 is 22.5 Å². The van der Waals surface area contributed by atoms with Gasteiger partial charge in [-0.05, 0) is 23.1 Å². The Hall–Kier alpha value is -3.35. The summed E-state index contributed by atoms with van der Waals surface area (Å²) in [6.45, 7) is 0.456. The molecule has 126 valence electrons. The van der Waals surface area contributed by atoms with E-state index in [0.717, 1.165) is 11.1 Å². The average molecular weight is 335 g/mol. The number of imidazole rings is 1. The van der Waals surface area contributed by atoms with Crippen molar-refractivity contribution in [3.63, 3.8) is 0 Å². The van der Waals surface area contributed by atoms with Crippen LogP contribution in [-0.4, -0.2) is 24.8 Å². The van der Waals surface area contributed by atoms with Crippen molar-refractivity contribution in [2.75, 3.05) is 0 Å². The predicted octanol–water partition coefficient (Wildman–Crippen LogP) is 1.37. The molecule has 1 amide bonds. The molecule has 25 heavy (non-hydrogen) atoms. The van der Waals surface area contributed by atoms with E-state index in [0.29, 0.717) is 17.9 Å². The Morgan fingerprint density at radius 2 is 2.16 bits per heavy atom. The fourth-order valence-electron chi connectivity index (χ4n) is 2.96. The summed E-state index contributed by atoms with van der Waals surface area (Å²) in [6, 6.07) is 8.19. The Bertz CT molecular complexity index is 1140. The molecule has 4 aromatic rings. The van der Waals surface area contributed by atoms with Gasteiger partial charge in [-0.2, -0.15) is 0 Å². The van der Waals surface area contributed by atoms with Crippen LogP contribution in [0.5, 0.6) is 0 Å². The van der Waals surface area contributed by atoms with Gasteiger partial charge < -0.3 is 14.9 Å². The molecule has 0 aliphatic heterocycles. The highest BCUT2D eigenvalue weighted by Gasteiger charge is 2.10. The number of amides is 1. The molecule has 0 aliphatic carbocycles. The fraction of sp³-hybridized carbons (Fsp3) is 0.167. The first kappa shape index (κ1) is 15.2. The molecule has 0 atom stereocenters. The Balaban J connectivity index is 1.47. The summed E-state index contributed by atoms with van der Waals surface area (Å²) in [4.78, 5) is 30.5. The number of hydrogen-bond donors (Lipinski definition) is 2. The van der Waals surface area contributed by atoms with Gasteiger partial charge in [0.2, 0.25) is 11.6 Å². The van der Waals surface area contributed by atoms with Gasteiger partial charge >= 0.3 is 0 Å². The zero-order chi connectivity index (χ0) is 17.4. The van der Waals surface area contributed by atoms with Crippen LogP contribution in [0.25, 0.3) is 16.6 Å². The van der Waals surface area contributed by atoms with Crippen molar-refractivity contribution in [3.8, 4) is 0 Å². The number of fused-ring (bicyclic) bond motifs is 2. The van der Waals surface area contributed by atoms with Crippen LogP contribution in [0.2, 0.25) is 0 Å². The van der Waals surface area contributed by atoms with Crippen LogP contribution in [0.1, 0.15) is 11.3 Å². The Kier molecular flexibility index (Phi) is 3.61. The number of nitrogens with zero attached hydrogens (tertiary/aromatic N) is 3. The summed E-state index contributed by atoms with van der Waals surface area (Å²) < 4.78 is 3.69. The van der Waals surface area contributed by atoms with Crippen molar-refractivity contribution in [3.05, 3.63) is 70.7 Å². The molecular formula is C18H17N5O2. The minimum Gasteiger partial charge on any atom is -0.352 e. The van der Waals surface area contributed by atoms with Gasteiger partial charge in [0.25, 0.3) is 5.56 Å². The van der Waals surface area contributed by atoms with E-state index in [9.17, 15) is 9.59 Å². The molecule has 0 saturated carbocycles. The second kappa shape index (κ2) is 5.94. The molecule has 7 nitrogen and oxygen atoms in total. The molecule has 0 bridgehead atoms. The topological polar surface area (TPSA) is 84.2 Å². The fourth-order valence-corrected chi connectivity index (χ4v) is 2.96. The van der Waals surface area contributed by atoms with E-state index in [4.69, 9.17) is 0 Å². The largest absolute Gasteiger partial charge is 0.352 e. The summed E-state index contributed by atoms with van der Waals surface area (Å²) in [6.07, 6.45) is 6.96. The number of hydrogen-bond acceptors (Lipinski definition) is 3. The van der Waals surface area contributed by atoms with Crippen LogP contribution in [0.3, 0.4) is 0 Å². The molecule has 7 heteroatoms. The quantitative estimate of drug-likeness (QED) is 0.591. The lowest BCUT2D eigenvalue weighted by molar-refractivity contribution is -0.120. The molecule has 1 aromatic carbocycles. The summed E-state index contributed by atoms with van der Waals surface area (Å²) in [7, 11) is 2.00. The van der Waals surface area contributed by atoms with Gasteiger partial charge in [0.15, 0.2) is 0 Å². The Morgan fingerprint density at radius 3 is 3.04 bits per heavy atom. The van der Waals surface area contributed by atoms with Gasteiger partial charge in [-0.1, -0.05) is 12.1 Å². The van der Waals surface area contributed by atoms with E-state index in [-0.39, 0.29) is 17.9 Å². The first-order valence-corrected chi connectivity index (χ1v) is 7.96. The lowest BCUT2D eigenvalue weighted by Gasteiger charge is -2.06. The van der Waals surface area contributed by atoms with Crippen molar-refractivity contribution in [1.29, 1.82) is 0 Å². The van der Waals surface area contributed by atoms with Crippen LogP contribution in [0.4, 0.5) is 0 Å². The lowest BCUT2D eigenvalue weighted by atomic mass is 10.1. The number of benzene rings is 1. The van der Waals surface area contributed by atoms with Crippen LogP contribution < -0.4 is 10.9 Å². The maximum absolute atomic E-state index is 12.2. The lowest BCUT2D eigenvalue weighted by Crippen LogP contribution is -2.25. The molecule has 0 fully saturated rings. The van der Waals surface area contributed by atoms with E-state index in [1.165, 1.54) is 11.6 Å². The number of rotatable bonds is 4. The molecule has 0 saturated heterocycles. The van der Waals surface area contributed by atoms with E-state index in [2.05, 4.69) is 32.0 Å². The first-order chi connectivity index (χ1) is 12.1. The van der Waals surface area contributed by atoms with Gasteiger partial charge in [0.1, 0.15) is 0 Å². The number of carbonyl (C=O) groups excluding carboxylic acids is 1. The van der Waals surface area contributed by atoms with Gasteiger partial charge in [0, 0.05) is 43.9 Å². The van der Waals surface area contributed by atoms with Crippen LogP contribution in [0, 0.1) is 0 Å². The van der Waals surface area contributed by atoms with Crippen LogP contribution in [0.15, 0.2) is 53.8 Å². The average Bonchev–Trinajstić information content (AvgIpc) is 3.18. The third-order valence-corrected chi connectivity index (χ3v) is 4.30. The normalized spacial score (nSPS) is 11.2. The second-order valence-electron chi connectivity index (χ2n) is 6.01. The standard InChI is InChI=1S/C18H17N5O2/c1-22-6-4-13-3-2-12(8-15(13)22)10-20-16(24)9-14-11-21-17-18(25)19-5-7-23(14)17/h2-8,11H,9-10H2,1H3,(H,19,25)(H,20,24). The number of aryl methyl sites for hydroxylation is 1. The SMILES string of the molecule is Cn1ccc2ccc(CNC(=O)Cc3cnc4c(=O)[nH]ccn34)cc21. The highest BCUT2D eigenvalue weighted by molar-refractivity contribution is 5.81. The monoisotopic (exact) mass is 335 g/mol. The smallest absolute Gasteiger partial charge is 0.291 e. The molecule has 4 rings (SSSR count). The number of aromatic nitrogens is 4. The third-order valence-electron chi connectivity index (χ3n) is 4.30. The van der Waals surface area contributed by atoms with Crippen molar-refractivity contribution in [1.82, 2.24) is 24.3 Å². The summed E-state index contributed by atoms with van der Waals surface area (Å²) >= 11 is 0. The van der Waals surface area contributed by atoms with E-state index in [1.807, 2.05) is 25.4 Å². The minimum atomic E-state index is -0.273. The number of carbonyl (C=O) groups is 1. The number of H-pyrrole nitrogens is 1. The minimum absolute atomic E-state index is 0.117. The van der Waals surface area contributed by atoms with Crippen molar-refractivity contribution < 1.29 is 4.79 Å². The maximum atomic E-state index is 12.2. The highest BCUT2D eigenvalue weighted by atomic mass is 16.1. The summed E-state index contributed by atoms with van der Waals surface area (Å²) in [5, 5.41) is 4.09. The second-order valence-corrected chi connectivity index (χ2v) is 6.01. The van der Waals surface area contributed by atoms with Crippen molar-refractivity contribution in [2.24, 2.45) is 7.05 Å². The predicted molar refractivity (Wildman–Crippen MR) is 94.3 cm³/mol. The zero-order valence-corrected chi connectivity index (χ0v) is 13.7. The molecule has 0 unspecified atom stereocenters. The summed E-state index contributed by atoms with van der Waals surface area (Å²) in [5.74, 6) is -0.117. The Labute approximate surface area is 142 Å². The van der Waals surface area contributed by atoms with Gasteiger partial charge in [-0.25, -0.2) is 4.98 Å². The van der Waals surface area contributed by atoms with E-state index in [1.54, 1.807) is 16.8 Å². The molecule has 0 radical (unpaired) electrons. The van der Waals surface area contributed by atoms with Crippen LogP contribution >= 0.6 is 0 Å². The van der Waals surface area contributed by atoms with Crippen molar-refractivity contribution in [2.45, 2.75) is 13.0 Å². The first-order valence-electron chi connectivity index (χ1n) is 7.96. The Morgan fingerprint density at radius 1 is 1.28 bits per heavy atom. The molecule has 3 heterocycles. The zero-order valence-electron chi connectivity index (χ0n) is 13.7. The van der Waals surface area contributed by atoms with Crippen LogP contribution in [-0.2, 0) is 24.8 Å². The van der Waals surface area contributed by atoms with Gasteiger partial charge in [-0.3, -0.25) is 14.0 Å². The summed E-state index contributed by atoms with van der Waals surface area (Å²) in [5.41, 5.74) is 2.87. The van der Waals surface area contributed by atoms with E-state index < -0.39 is 0 Å². The van der Waals surface area contributed by atoms with Gasteiger partial charge in [-0.15, -0.1) is 0 Å². The third kappa shape index (κ3) is 2.80. The van der Waals surface area contributed by atoms with E-state index >= 15 is 0 Å². The van der Waals surface area contributed by atoms with Gasteiger partial charge in [0.05, 0.1) is 12.1 Å². The molecule has 3 aromatic heterocycles. The molecule has 2 N–H and O–H groups in total. The number of nitrogens with one attached hydrogen (secondary N) is 2. The highest BCUT2D eigenvalue weighted by Crippen LogP contribution is 2.16. The maximum Gasteiger partial charge on any atom is 0.291 e. The number of aromatic amines is 1.